The SMILES string of the molecule is CCOCCN1C(=O)CNC1c1ccccc1OC. The van der Waals surface area contributed by atoms with Crippen LogP contribution in [0.25, 0.3) is 0 Å². The van der Waals surface area contributed by atoms with E-state index in [4.69, 9.17) is 9.47 Å². The smallest absolute Gasteiger partial charge is 0.238 e. The standard InChI is InChI=1S/C14H20N2O3/c1-3-19-9-8-16-13(17)10-15-14(16)11-6-4-5-7-12(11)18-2/h4-7,14-15H,3,8-10H2,1-2H3. The molecule has 1 atom stereocenters. The highest BCUT2D eigenvalue weighted by Gasteiger charge is 2.32. The van der Waals surface area contributed by atoms with Gasteiger partial charge in [0, 0.05) is 18.7 Å². The van der Waals surface area contributed by atoms with Crippen LogP contribution in [0, 0.1) is 0 Å². The number of benzene rings is 1. The maximum Gasteiger partial charge on any atom is 0.238 e. The molecule has 0 radical (unpaired) electrons. The second-order valence-corrected chi connectivity index (χ2v) is 4.31. The van der Waals surface area contributed by atoms with E-state index >= 15 is 0 Å². The van der Waals surface area contributed by atoms with Crippen LogP contribution in [0.3, 0.4) is 0 Å². The molecule has 1 aromatic carbocycles. The largest absolute Gasteiger partial charge is 0.496 e. The molecule has 0 spiro atoms. The molecule has 5 nitrogen and oxygen atoms in total. The molecule has 1 fully saturated rings. The van der Waals surface area contributed by atoms with E-state index < -0.39 is 0 Å². The van der Waals surface area contributed by atoms with E-state index in [1.54, 1.807) is 12.0 Å². The third-order valence-corrected chi connectivity index (χ3v) is 3.19. The van der Waals surface area contributed by atoms with Gasteiger partial charge in [0.15, 0.2) is 0 Å². The van der Waals surface area contributed by atoms with Crippen molar-refractivity contribution < 1.29 is 14.3 Å². The molecule has 1 aliphatic heterocycles. The number of amides is 1. The average molecular weight is 264 g/mol. The molecule has 0 aromatic heterocycles. The van der Waals surface area contributed by atoms with Gasteiger partial charge in [0.1, 0.15) is 11.9 Å². The molecule has 1 heterocycles. The Bertz CT molecular complexity index is 436. The first-order valence-electron chi connectivity index (χ1n) is 6.51. The maximum absolute atomic E-state index is 11.9. The first-order valence-corrected chi connectivity index (χ1v) is 6.51. The fourth-order valence-corrected chi connectivity index (χ4v) is 2.27. The summed E-state index contributed by atoms with van der Waals surface area (Å²) in [5.74, 6) is 0.881. The summed E-state index contributed by atoms with van der Waals surface area (Å²) in [4.78, 5) is 13.7. The van der Waals surface area contributed by atoms with Crippen LogP contribution in [0.2, 0.25) is 0 Å². The third kappa shape index (κ3) is 3.05. The summed E-state index contributed by atoms with van der Waals surface area (Å²) in [5, 5.41) is 3.22. The van der Waals surface area contributed by atoms with Crippen molar-refractivity contribution in [2.75, 3.05) is 33.4 Å². The summed E-state index contributed by atoms with van der Waals surface area (Å²) in [7, 11) is 1.64. The first kappa shape index (κ1) is 13.8. The highest BCUT2D eigenvalue weighted by Crippen LogP contribution is 2.29. The number of nitrogens with zero attached hydrogens (tertiary/aromatic N) is 1. The zero-order valence-electron chi connectivity index (χ0n) is 11.4. The van der Waals surface area contributed by atoms with Crippen molar-refractivity contribution in [3.8, 4) is 5.75 Å². The minimum Gasteiger partial charge on any atom is -0.496 e. The van der Waals surface area contributed by atoms with Crippen LogP contribution in [0.1, 0.15) is 18.7 Å². The van der Waals surface area contributed by atoms with Crippen LogP contribution in [0.15, 0.2) is 24.3 Å². The normalized spacial score (nSPS) is 18.9. The van der Waals surface area contributed by atoms with Gasteiger partial charge in [0.25, 0.3) is 0 Å². The van der Waals surface area contributed by atoms with Crippen molar-refractivity contribution in [3.05, 3.63) is 29.8 Å². The molecule has 1 saturated heterocycles. The van der Waals surface area contributed by atoms with Crippen LogP contribution in [-0.4, -0.2) is 44.2 Å². The van der Waals surface area contributed by atoms with Gasteiger partial charge in [0.2, 0.25) is 5.91 Å². The fraction of sp³-hybridized carbons (Fsp3) is 0.500. The number of nitrogens with one attached hydrogen (secondary N) is 1. The molecule has 1 unspecified atom stereocenters. The molecule has 0 aliphatic carbocycles. The van der Waals surface area contributed by atoms with E-state index in [-0.39, 0.29) is 12.1 Å². The molecule has 1 N–H and O–H groups in total. The second-order valence-electron chi connectivity index (χ2n) is 4.31. The molecule has 1 aromatic rings. The molecular formula is C14H20N2O3. The topological polar surface area (TPSA) is 50.8 Å². The predicted octanol–water partition coefficient (Wildman–Crippen LogP) is 1.16. The number of ether oxygens (including phenoxy) is 2. The minimum absolute atomic E-state index is 0.0932. The van der Waals surface area contributed by atoms with Crippen molar-refractivity contribution in [1.29, 1.82) is 0 Å². The van der Waals surface area contributed by atoms with Gasteiger partial charge >= 0.3 is 0 Å². The van der Waals surface area contributed by atoms with Crippen LogP contribution in [0.4, 0.5) is 0 Å². The molecule has 0 saturated carbocycles. The zero-order valence-corrected chi connectivity index (χ0v) is 11.4. The Hall–Kier alpha value is -1.59. The van der Waals surface area contributed by atoms with E-state index in [9.17, 15) is 4.79 Å². The fourth-order valence-electron chi connectivity index (χ4n) is 2.27. The van der Waals surface area contributed by atoms with Gasteiger partial charge in [-0.15, -0.1) is 0 Å². The minimum atomic E-state index is -0.135. The summed E-state index contributed by atoms with van der Waals surface area (Å²) in [6.07, 6.45) is -0.135. The molecule has 19 heavy (non-hydrogen) atoms. The molecule has 0 bridgehead atoms. The lowest BCUT2D eigenvalue weighted by atomic mass is 10.1. The Morgan fingerprint density at radius 2 is 2.21 bits per heavy atom. The van der Waals surface area contributed by atoms with Gasteiger partial charge in [-0.1, -0.05) is 18.2 Å². The van der Waals surface area contributed by atoms with E-state index in [0.29, 0.717) is 26.3 Å². The number of hydrogen-bond acceptors (Lipinski definition) is 4. The molecule has 1 amide bonds. The van der Waals surface area contributed by atoms with Crippen LogP contribution in [0.5, 0.6) is 5.75 Å². The Morgan fingerprint density at radius 3 is 2.95 bits per heavy atom. The highest BCUT2D eigenvalue weighted by atomic mass is 16.5. The van der Waals surface area contributed by atoms with Gasteiger partial charge in [-0.25, -0.2) is 0 Å². The Kier molecular flexibility index (Phi) is 4.76. The van der Waals surface area contributed by atoms with E-state index in [2.05, 4.69) is 5.32 Å². The van der Waals surface area contributed by atoms with E-state index in [1.807, 2.05) is 31.2 Å². The van der Waals surface area contributed by atoms with Gasteiger partial charge in [-0.2, -0.15) is 0 Å². The number of methoxy groups -OCH3 is 1. The van der Waals surface area contributed by atoms with Crippen molar-refractivity contribution in [2.24, 2.45) is 0 Å². The van der Waals surface area contributed by atoms with Crippen molar-refractivity contribution >= 4 is 5.91 Å². The quantitative estimate of drug-likeness (QED) is 0.783. The van der Waals surface area contributed by atoms with Crippen molar-refractivity contribution in [1.82, 2.24) is 10.2 Å². The average Bonchev–Trinajstić information content (AvgIpc) is 2.80. The Balaban J connectivity index is 2.15. The number of rotatable bonds is 6. The van der Waals surface area contributed by atoms with Crippen LogP contribution < -0.4 is 10.1 Å². The Labute approximate surface area is 113 Å². The lowest BCUT2D eigenvalue weighted by Gasteiger charge is -2.25. The summed E-state index contributed by atoms with van der Waals surface area (Å²) in [5.41, 5.74) is 0.979. The predicted molar refractivity (Wildman–Crippen MR) is 71.9 cm³/mol. The van der Waals surface area contributed by atoms with Gasteiger partial charge in [-0.05, 0) is 13.0 Å². The number of para-hydroxylation sites is 1. The number of carbonyl (C=O) groups is 1. The number of hydrogen-bond donors (Lipinski definition) is 1. The number of carbonyl (C=O) groups excluding carboxylic acids is 1. The van der Waals surface area contributed by atoms with Gasteiger partial charge < -0.3 is 14.4 Å². The van der Waals surface area contributed by atoms with Gasteiger partial charge in [-0.3, -0.25) is 10.1 Å². The summed E-state index contributed by atoms with van der Waals surface area (Å²) < 4.78 is 10.7. The zero-order chi connectivity index (χ0) is 13.7. The molecule has 5 heteroatoms. The third-order valence-electron chi connectivity index (χ3n) is 3.19. The molecule has 1 aliphatic rings. The molecule has 104 valence electrons. The molecular weight excluding hydrogens is 244 g/mol. The molecule has 2 rings (SSSR count). The summed E-state index contributed by atoms with van der Waals surface area (Å²) in [6, 6.07) is 7.75. The van der Waals surface area contributed by atoms with Crippen LogP contribution >= 0.6 is 0 Å². The van der Waals surface area contributed by atoms with Crippen molar-refractivity contribution in [3.63, 3.8) is 0 Å². The van der Waals surface area contributed by atoms with Crippen LogP contribution in [-0.2, 0) is 9.53 Å². The monoisotopic (exact) mass is 264 g/mol. The second kappa shape index (κ2) is 6.54. The lowest BCUT2D eigenvalue weighted by molar-refractivity contribution is -0.128. The highest BCUT2D eigenvalue weighted by molar-refractivity contribution is 5.81. The summed E-state index contributed by atoms with van der Waals surface area (Å²) in [6.45, 7) is 4.10. The summed E-state index contributed by atoms with van der Waals surface area (Å²) >= 11 is 0. The Morgan fingerprint density at radius 1 is 1.42 bits per heavy atom. The lowest BCUT2D eigenvalue weighted by Crippen LogP contribution is -2.33. The van der Waals surface area contributed by atoms with E-state index in [1.165, 1.54) is 0 Å². The first-order chi connectivity index (χ1) is 9.27. The van der Waals surface area contributed by atoms with Crippen molar-refractivity contribution in [2.45, 2.75) is 13.1 Å². The van der Waals surface area contributed by atoms with E-state index in [0.717, 1.165) is 11.3 Å². The maximum atomic E-state index is 11.9. The van der Waals surface area contributed by atoms with Gasteiger partial charge in [0.05, 0.1) is 20.3 Å².